The molecule has 0 bridgehead atoms. The molecule has 3 rings (SSSR count). The fourth-order valence-corrected chi connectivity index (χ4v) is 4.28. The maximum Gasteiger partial charge on any atom is 0.246 e. The highest BCUT2D eigenvalue weighted by atomic mass is 16.2. The van der Waals surface area contributed by atoms with Crippen LogP contribution in [0, 0.1) is 5.92 Å². The number of hydrogen-bond donors (Lipinski definition) is 1. The van der Waals surface area contributed by atoms with Crippen LogP contribution >= 0.6 is 0 Å². The lowest BCUT2D eigenvalue weighted by Crippen LogP contribution is -2.66. The molecule has 0 aromatic rings. The molecular weight excluding hydrogens is 252 g/mol. The van der Waals surface area contributed by atoms with E-state index < -0.39 is 0 Å². The molecule has 3 fully saturated rings. The number of carbonyl (C=O) groups is 2. The monoisotopic (exact) mass is 278 g/mol. The fourth-order valence-electron chi connectivity index (χ4n) is 4.28. The van der Waals surface area contributed by atoms with E-state index in [1.54, 1.807) is 0 Å². The average molecular weight is 278 g/mol. The Morgan fingerprint density at radius 2 is 1.55 bits per heavy atom. The molecule has 1 N–H and O–H groups in total. The Hall–Kier alpha value is -1.06. The zero-order valence-corrected chi connectivity index (χ0v) is 12.4. The molecule has 3 aliphatic rings. The molecule has 2 unspecified atom stereocenters. The summed E-state index contributed by atoms with van der Waals surface area (Å²) < 4.78 is 0. The third-order valence-electron chi connectivity index (χ3n) is 5.45. The molecule has 4 heteroatoms. The third kappa shape index (κ3) is 2.45. The minimum absolute atomic E-state index is 0.0482. The standard InChI is InChI=1S/C16H26N2O2/c1-11-15(19)17-14(12-7-3-2-4-8-12)16(20)18(11)13-9-5-6-10-13/h11-14H,2-10H2,1H3,(H,17,19). The molecule has 112 valence electrons. The summed E-state index contributed by atoms with van der Waals surface area (Å²) in [6.07, 6.45) is 10.4. The molecule has 4 nitrogen and oxygen atoms in total. The number of carbonyl (C=O) groups excluding carboxylic acids is 2. The average Bonchev–Trinajstić information content (AvgIpc) is 2.98. The summed E-state index contributed by atoms with van der Waals surface area (Å²) in [6, 6.07) is -0.236. The van der Waals surface area contributed by atoms with Crippen molar-refractivity contribution in [2.24, 2.45) is 5.92 Å². The quantitative estimate of drug-likeness (QED) is 0.842. The molecule has 0 spiro atoms. The van der Waals surface area contributed by atoms with Crippen molar-refractivity contribution < 1.29 is 9.59 Å². The zero-order valence-electron chi connectivity index (χ0n) is 12.4. The molecule has 2 saturated carbocycles. The van der Waals surface area contributed by atoms with Crippen molar-refractivity contribution in [1.82, 2.24) is 10.2 Å². The Balaban J connectivity index is 1.78. The predicted molar refractivity (Wildman–Crippen MR) is 77.1 cm³/mol. The van der Waals surface area contributed by atoms with Crippen molar-refractivity contribution in [3.8, 4) is 0 Å². The maximum absolute atomic E-state index is 12.9. The first kappa shape index (κ1) is 13.9. The minimum atomic E-state index is -0.287. The van der Waals surface area contributed by atoms with Gasteiger partial charge in [-0.3, -0.25) is 9.59 Å². The predicted octanol–water partition coefficient (Wildman–Crippen LogP) is 2.22. The Bertz CT molecular complexity index is 384. The van der Waals surface area contributed by atoms with E-state index in [9.17, 15) is 9.59 Å². The number of nitrogens with zero attached hydrogens (tertiary/aromatic N) is 1. The lowest BCUT2D eigenvalue weighted by atomic mass is 9.82. The lowest BCUT2D eigenvalue weighted by molar-refractivity contribution is -0.153. The van der Waals surface area contributed by atoms with Crippen molar-refractivity contribution >= 4 is 11.8 Å². The van der Waals surface area contributed by atoms with Gasteiger partial charge in [-0.25, -0.2) is 0 Å². The number of hydrogen-bond acceptors (Lipinski definition) is 2. The molecule has 0 radical (unpaired) electrons. The van der Waals surface area contributed by atoms with Crippen molar-refractivity contribution in [1.29, 1.82) is 0 Å². The Labute approximate surface area is 121 Å². The van der Waals surface area contributed by atoms with Crippen LogP contribution < -0.4 is 5.32 Å². The molecule has 2 atom stereocenters. The van der Waals surface area contributed by atoms with Crippen LogP contribution in [-0.4, -0.2) is 34.8 Å². The van der Waals surface area contributed by atoms with Crippen LogP contribution in [-0.2, 0) is 9.59 Å². The summed E-state index contributed by atoms with van der Waals surface area (Å²) in [4.78, 5) is 27.1. The Morgan fingerprint density at radius 3 is 2.20 bits per heavy atom. The maximum atomic E-state index is 12.9. The summed E-state index contributed by atoms with van der Waals surface area (Å²) in [5.41, 5.74) is 0. The van der Waals surface area contributed by atoms with E-state index >= 15 is 0 Å². The largest absolute Gasteiger partial charge is 0.342 e. The van der Waals surface area contributed by atoms with E-state index in [0.29, 0.717) is 12.0 Å². The summed E-state index contributed by atoms with van der Waals surface area (Å²) >= 11 is 0. The van der Waals surface area contributed by atoms with Gasteiger partial charge in [-0.1, -0.05) is 32.1 Å². The van der Waals surface area contributed by atoms with Gasteiger partial charge >= 0.3 is 0 Å². The topological polar surface area (TPSA) is 49.4 Å². The van der Waals surface area contributed by atoms with E-state index in [1.807, 2.05) is 11.8 Å². The minimum Gasteiger partial charge on any atom is -0.342 e. The molecule has 0 aromatic carbocycles. The second-order valence-corrected chi connectivity index (χ2v) is 6.74. The first-order chi connectivity index (χ1) is 9.68. The van der Waals surface area contributed by atoms with Gasteiger partial charge in [-0.05, 0) is 38.5 Å². The van der Waals surface area contributed by atoms with Gasteiger partial charge in [0.1, 0.15) is 12.1 Å². The van der Waals surface area contributed by atoms with Gasteiger partial charge in [-0.15, -0.1) is 0 Å². The highest BCUT2D eigenvalue weighted by molar-refractivity contribution is 5.97. The third-order valence-corrected chi connectivity index (χ3v) is 5.45. The number of amides is 2. The van der Waals surface area contributed by atoms with Gasteiger partial charge < -0.3 is 10.2 Å². The lowest BCUT2D eigenvalue weighted by Gasteiger charge is -2.44. The van der Waals surface area contributed by atoms with Crippen LogP contribution in [0.3, 0.4) is 0 Å². The molecule has 2 amide bonds. The van der Waals surface area contributed by atoms with Crippen LogP contribution in [0.15, 0.2) is 0 Å². The van der Waals surface area contributed by atoms with Crippen LogP contribution in [0.1, 0.15) is 64.7 Å². The van der Waals surface area contributed by atoms with Gasteiger partial charge in [0, 0.05) is 6.04 Å². The summed E-state index contributed by atoms with van der Waals surface area (Å²) in [7, 11) is 0. The van der Waals surface area contributed by atoms with E-state index in [4.69, 9.17) is 0 Å². The fraction of sp³-hybridized carbons (Fsp3) is 0.875. The summed E-state index contributed by atoms with van der Waals surface area (Å²) in [5, 5.41) is 3.01. The highest BCUT2D eigenvalue weighted by Gasteiger charge is 2.44. The number of rotatable bonds is 2. The van der Waals surface area contributed by atoms with E-state index in [0.717, 1.165) is 25.7 Å². The molecule has 2 aliphatic carbocycles. The number of nitrogens with one attached hydrogen (secondary N) is 1. The first-order valence-corrected chi connectivity index (χ1v) is 8.31. The highest BCUT2D eigenvalue weighted by Crippen LogP contribution is 2.32. The molecule has 1 saturated heterocycles. The smallest absolute Gasteiger partial charge is 0.246 e. The molecule has 1 heterocycles. The van der Waals surface area contributed by atoms with Crippen LogP contribution in [0.5, 0.6) is 0 Å². The Morgan fingerprint density at radius 1 is 0.950 bits per heavy atom. The van der Waals surface area contributed by atoms with Crippen molar-refractivity contribution in [2.45, 2.75) is 82.8 Å². The first-order valence-electron chi connectivity index (χ1n) is 8.31. The van der Waals surface area contributed by atoms with Crippen LogP contribution in [0.2, 0.25) is 0 Å². The SMILES string of the molecule is CC1C(=O)NC(C2CCCCC2)C(=O)N1C1CCCC1. The molecule has 1 aliphatic heterocycles. The second kappa shape index (κ2) is 5.74. The van der Waals surface area contributed by atoms with Gasteiger partial charge in [0.05, 0.1) is 0 Å². The van der Waals surface area contributed by atoms with E-state index in [2.05, 4.69) is 5.32 Å². The van der Waals surface area contributed by atoms with Gasteiger partial charge in [0.2, 0.25) is 11.8 Å². The van der Waals surface area contributed by atoms with Crippen molar-refractivity contribution in [2.75, 3.05) is 0 Å². The summed E-state index contributed by atoms with van der Waals surface area (Å²) in [6.45, 7) is 1.88. The molecule has 20 heavy (non-hydrogen) atoms. The normalized spacial score (nSPS) is 33.5. The molecular formula is C16H26N2O2. The van der Waals surface area contributed by atoms with E-state index in [-0.39, 0.29) is 23.9 Å². The second-order valence-electron chi connectivity index (χ2n) is 6.74. The van der Waals surface area contributed by atoms with Crippen LogP contribution in [0.4, 0.5) is 0 Å². The summed E-state index contributed by atoms with van der Waals surface area (Å²) in [5.74, 6) is 0.597. The van der Waals surface area contributed by atoms with Crippen molar-refractivity contribution in [3.05, 3.63) is 0 Å². The zero-order chi connectivity index (χ0) is 14.1. The Kier molecular flexibility index (Phi) is 3.99. The number of piperazine rings is 1. The van der Waals surface area contributed by atoms with E-state index in [1.165, 1.54) is 32.1 Å². The van der Waals surface area contributed by atoms with Crippen molar-refractivity contribution in [3.63, 3.8) is 0 Å². The van der Waals surface area contributed by atoms with Gasteiger partial charge in [0.15, 0.2) is 0 Å². The van der Waals surface area contributed by atoms with Crippen LogP contribution in [0.25, 0.3) is 0 Å². The molecule has 0 aromatic heterocycles. The van der Waals surface area contributed by atoms with Gasteiger partial charge in [-0.2, -0.15) is 0 Å². The van der Waals surface area contributed by atoms with Gasteiger partial charge in [0.25, 0.3) is 0 Å².